The molecule has 4 nitrogen and oxygen atoms in total. The number of hydrogen-bond acceptors (Lipinski definition) is 4. The lowest BCUT2D eigenvalue weighted by Crippen LogP contribution is -2.31. The van der Waals surface area contributed by atoms with Crippen LogP contribution in [0.2, 0.25) is 0 Å². The summed E-state index contributed by atoms with van der Waals surface area (Å²) < 4.78 is 12.6. The predicted octanol–water partition coefficient (Wildman–Crippen LogP) is 1.18. The van der Waals surface area contributed by atoms with Crippen molar-refractivity contribution in [2.75, 3.05) is 24.5 Å². The first-order chi connectivity index (χ1) is 7.27. The summed E-state index contributed by atoms with van der Waals surface area (Å²) in [5, 5.41) is 0. The monoisotopic (exact) mass is 212 g/mol. The fraction of sp³-hybridized carbons (Fsp3) is 0.600. The van der Waals surface area contributed by atoms with Crippen molar-refractivity contribution in [3.05, 3.63) is 18.2 Å². The van der Waals surface area contributed by atoms with E-state index in [2.05, 4.69) is 16.9 Å². The van der Waals surface area contributed by atoms with Crippen LogP contribution in [0, 0.1) is 5.82 Å². The lowest BCUT2D eigenvalue weighted by molar-refractivity contribution is 0.609. The smallest absolute Gasteiger partial charge is 0.225 e. The molecule has 0 radical (unpaired) electrons. The minimum absolute atomic E-state index is 0.415. The van der Waals surface area contributed by atoms with Crippen LogP contribution in [0.1, 0.15) is 19.8 Å². The van der Waals surface area contributed by atoms with Gasteiger partial charge >= 0.3 is 0 Å². The van der Waals surface area contributed by atoms with Crippen LogP contribution < -0.4 is 10.6 Å². The Kier molecular flexibility index (Phi) is 4.97. The van der Waals surface area contributed by atoms with E-state index in [0.717, 1.165) is 19.4 Å². The molecule has 0 aliphatic heterocycles. The third-order valence-corrected chi connectivity index (χ3v) is 2.07. The summed E-state index contributed by atoms with van der Waals surface area (Å²) in [7, 11) is 0. The number of unbranched alkanes of at least 4 members (excludes halogenated alkanes) is 1. The highest BCUT2D eigenvalue weighted by Crippen LogP contribution is 2.07. The van der Waals surface area contributed by atoms with Gasteiger partial charge in [-0.05, 0) is 6.42 Å². The van der Waals surface area contributed by atoms with Crippen molar-refractivity contribution < 1.29 is 4.39 Å². The van der Waals surface area contributed by atoms with Crippen molar-refractivity contribution in [1.82, 2.24) is 9.97 Å². The van der Waals surface area contributed by atoms with Crippen LogP contribution in [0.3, 0.4) is 0 Å². The standard InChI is InChI=1S/C10H17FN4/c1-2-3-5-15(6-4-12)10-13-7-9(11)8-14-10/h7-8H,2-6,12H2,1H3. The predicted molar refractivity (Wildman–Crippen MR) is 58.2 cm³/mol. The molecule has 0 spiro atoms. The molecule has 0 saturated heterocycles. The summed E-state index contributed by atoms with van der Waals surface area (Å²) in [6, 6.07) is 0. The molecule has 2 N–H and O–H groups in total. The highest BCUT2D eigenvalue weighted by atomic mass is 19.1. The SMILES string of the molecule is CCCCN(CCN)c1ncc(F)cn1. The van der Waals surface area contributed by atoms with Gasteiger partial charge in [-0.3, -0.25) is 0 Å². The molecule has 1 aromatic rings. The fourth-order valence-corrected chi connectivity index (χ4v) is 1.29. The number of anilines is 1. The van der Waals surface area contributed by atoms with Gasteiger partial charge in [-0.2, -0.15) is 0 Å². The Bertz CT molecular complexity index is 275. The number of rotatable bonds is 6. The van der Waals surface area contributed by atoms with Gasteiger partial charge in [0.15, 0.2) is 5.82 Å². The summed E-state index contributed by atoms with van der Waals surface area (Å²) in [5.41, 5.74) is 5.50. The average Bonchev–Trinajstić information content (AvgIpc) is 2.25. The van der Waals surface area contributed by atoms with Gasteiger partial charge in [-0.1, -0.05) is 13.3 Å². The average molecular weight is 212 g/mol. The molecule has 0 fully saturated rings. The molecule has 0 aromatic carbocycles. The maximum Gasteiger partial charge on any atom is 0.225 e. The first-order valence-electron chi connectivity index (χ1n) is 5.20. The Hall–Kier alpha value is -1.23. The van der Waals surface area contributed by atoms with E-state index in [-0.39, 0.29) is 0 Å². The third kappa shape index (κ3) is 3.79. The fourth-order valence-electron chi connectivity index (χ4n) is 1.29. The number of nitrogens with zero attached hydrogens (tertiary/aromatic N) is 3. The third-order valence-electron chi connectivity index (χ3n) is 2.07. The second kappa shape index (κ2) is 6.29. The lowest BCUT2D eigenvalue weighted by Gasteiger charge is -2.21. The Morgan fingerprint density at radius 1 is 1.33 bits per heavy atom. The van der Waals surface area contributed by atoms with E-state index in [0.29, 0.717) is 19.0 Å². The Morgan fingerprint density at radius 3 is 2.53 bits per heavy atom. The van der Waals surface area contributed by atoms with Crippen molar-refractivity contribution in [1.29, 1.82) is 0 Å². The molecule has 1 heterocycles. The van der Waals surface area contributed by atoms with Crippen LogP contribution in [-0.4, -0.2) is 29.6 Å². The van der Waals surface area contributed by atoms with Crippen molar-refractivity contribution in [2.24, 2.45) is 5.73 Å². The Labute approximate surface area is 89.3 Å². The van der Waals surface area contributed by atoms with Crippen LogP contribution in [0.15, 0.2) is 12.4 Å². The van der Waals surface area contributed by atoms with Crippen molar-refractivity contribution >= 4 is 5.95 Å². The summed E-state index contributed by atoms with van der Waals surface area (Å²) in [6.07, 6.45) is 4.51. The van der Waals surface area contributed by atoms with Crippen molar-refractivity contribution in [3.8, 4) is 0 Å². The number of aromatic nitrogens is 2. The molecular formula is C10H17FN4. The molecular weight excluding hydrogens is 195 g/mol. The number of nitrogens with two attached hydrogens (primary N) is 1. The summed E-state index contributed by atoms with van der Waals surface area (Å²) in [6.45, 7) is 4.22. The molecule has 5 heteroatoms. The number of hydrogen-bond donors (Lipinski definition) is 1. The molecule has 0 amide bonds. The maximum atomic E-state index is 12.6. The van der Waals surface area contributed by atoms with E-state index < -0.39 is 5.82 Å². The molecule has 0 atom stereocenters. The largest absolute Gasteiger partial charge is 0.340 e. The molecule has 0 bridgehead atoms. The molecule has 1 rings (SSSR count). The minimum Gasteiger partial charge on any atom is -0.340 e. The van der Waals surface area contributed by atoms with E-state index in [9.17, 15) is 4.39 Å². The van der Waals surface area contributed by atoms with Gasteiger partial charge in [0.05, 0.1) is 12.4 Å². The van der Waals surface area contributed by atoms with Gasteiger partial charge in [0, 0.05) is 19.6 Å². The molecule has 1 aromatic heterocycles. The first kappa shape index (κ1) is 11.8. The van der Waals surface area contributed by atoms with Crippen molar-refractivity contribution in [2.45, 2.75) is 19.8 Å². The van der Waals surface area contributed by atoms with E-state index in [1.807, 2.05) is 4.90 Å². The van der Waals surface area contributed by atoms with E-state index >= 15 is 0 Å². The van der Waals surface area contributed by atoms with Crippen LogP contribution in [0.4, 0.5) is 10.3 Å². The van der Waals surface area contributed by atoms with Gasteiger partial charge in [-0.25, -0.2) is 14.4 Å². The molecule has 15 heavy (non-hydrogen) atoms. The second-order valence-electron chi connectivity index (χ2n) is 3.33. The Morgan fingerprint density at radius 2 is 2.00 bits per heavy atom. The maximum absolute atomic E-state index is 12.6. The second-order valence-corrected chi connectivity index (χ2v) is 3.33. The van der Waals surface area contributed by atoms with E-state index in [1.165, 1.54) is 12.4 Å². The molecule has 0 saturated carbocycles. The van der Waals surface area contributed by atoms with E-state index in [1.54, 1.807) is 0 Å². The van der Waals surface area contributed by atoms with Crippen LogP contribution in [0.5, 0.6) is 0 Å². The molecule has 84 valence electrons. The molecule has 0 aliphatic rings. The van der Waals surface area contributed by atoms with Gasteiger partial charge in [0.1, 0.15) is 0 Å². The lowest BCUT2D eigenvalue weighted by atomic mass is 10.3. The zero-order chi connectivity index (χ0) is 11.1. The van der Waals surface area contributed by atoms with Crippen LogP contribution in [-0.2, 0) is 0 Å². The van der Waals surface area contributed by atoms with E-state index in [4.69, 9.17) is 5.73 Å². The summed E-state index contributed by atoms with van der Waals surface area (Å²) in [4.78, 5) is 9.84. The highest BCUT2D eigenvalue weighted by molar-refractivity contribution is 5.28. The zero-order valence-corrected chi connectivity index (χ0v) is 8.99. The van der Waals surface area contributed by atoms with Crippen LogP contribution in [0.25, 0.3) is 0 Å². The summed E-state index contributed by atoms with van der Waals surface area (Å²) >= 11 is 0. The quantitative estimate of drug-likeness (QED) is 0.769. The van der Waals surface area contributed by atoms with Crippen molar-refractivity contribution in [3.63, 3.8) is 0 Å². The number of halogens is 1. The van der Waals surface area contributed by atoms with Crippen LogP contribution >= 0.6 is 0 Å². The Balaban J connectivity index is 2.65. The van der Waals surface area contributed by atoms with Gasteiger partial charge in [0.25, 0.3) is 0 Å². The summed E-state index contributed by atoms with van der Waals surface area (Å²) in [5.74, 6) is 0.136. The van der Waals surface area contributed by atoms with Gasteiger partial charge < -0.3 is 10.6 Å². The first-order valence-corrected chi connectivity index (χ1v) is 5.20. The zero-order valence-electron chi connectivity index (χ0n) is 8.99. The highest BCUT2D eigenvalue weighted by Gasteiger charge is 2.07. The minimum atomic E-state index is -0.415. The van der Waals surface area contributed by atoms with Gasteiger partial charge in [0.2, 0.25) is 5.95 Å². The normalized spacial score (nSPS) is 10.3. The molecule has 0 unspecified atom stereocenters. The van der Waals surface area contributed by atoms with Gasteiger partial charge in [-0.15, -0.1) is 0 Å². The molecule has 0 aliphatic carbocycles. The topological polar surface area (TPSA) is 55.0 Å².